The fraction of sp³-hybridized carbons (Fsp3) is 0.579. The number of aliphatic hydroxyl groups is 1. The molecule has 0 bridgehead atoms. The fourth-order valence-electron chi connectivity index (χ4n) is 4.20. The lowest BCUT2D eigenvalue weighted by Gasteiger charge is -2.39. The molecule has 1 saturated carbocycles. The first-order chi connectivity index (χ1) is 10.7. The van der Waals surface area contributed by atoms with Gasteiger partial charge in [0.05, 0.1) is 6.61 Å². The molecule has 0 aromatic rings. The van der Waals surface area contributed by atoms with E-state index >= 15 is 0 Å². The van der Waals surface area contributed by atoms with E-state index in [0.717, 1.165) is 42.4 Å². The van der Waals surface area contributed by atoms with E-state index < -0.39 is 5.60 Å². The monoisotopic (exact) mass is 316 g/mol. The van der Waals surface area contributed by atoms with Crippen LogP contribution in [-0.2, 0) is 14.3 Å². The van der Waals surface area contributed by atoms with Crippen molar-refractivity contribution in [2.45, 2.75) is 59.0 Å². The summed E-state index contributed by atoms with van der Waals surface area (Å²) in [6.07, 6.45) is 5.16. The SMILES string of the molecule is CC(=O)OCCCC1=C(C)C=C2C(=O)[C@](C)(O)C3(CC3)C(C)=C21. The van der Waals surface area contributed by atoms with Crippen LogP contribution in [0.3, 0.4) is 0 Å². The van der Waals surface area contributed by atoms with Crippen LogP contribution in [-0.4, -0.2) is 29.1 Å². The van der Waals surface area contributed by atoms with Crippen LogP contribution in [0.5, 0.6) is 0 Å². The van der Waals surface area contributed by atoms with Crippen molar-refractivity contribution >= 4 is 11.8 Å². The zero-order valence-electron chi connectivity index (χ0n) is 14.3. The van der Waals surface area contributed by atoms with Gasteiger partial charge in [0.2, 0.25) is 0 Å². The Bertz CT molecular complexity index is 684. The Hall–Kier alpha value is -1.68. The van der Waals surface area contributed by atoms with Crippen LogP contribution in [0.1, 0.15) is 53.4 Å². The predicted molar refractivity (Wildman–Crippen MR) is 86.6 cm³/mol. The van der Waals surface area contributed by atoms with E-state index in [2.05, 4.69) is 6.92 Å². The fourth-order valence-corrected chi connectivity index (χ4v) is 4.20. The van der Waals surface area contributed by atoms with Crippen LogP contribution in [0.4, 0.5) is 0 Å². The number of fused-ring (bicyclic) bond motifs is 1. The number of rotatable bonds is 4. The lowest BCUT2D eigenvalue weighted by Crippen LogP contribution is -2.49. The summed E-state index contributed by atoms with van der Waals surface area (Å²) in [6.45, 7) is 7.53. The molecule has 0 aromatic heterocycles. The number of hydrogen-bond donors (Lipinski definition) is 1. The average molecular weight is 316 g/mol. The molecular formula is C19H24O4. The summed E-state index contributed by atoms with van der Waals surface area (Å²) in [5.74, 6) is -0.415. The number of ether oxygens (including phenoxy) is 1. The smallest absolute Gasteiger partial charge is 0.302 e. The predicted octanol–water partition coefficient (Wildman–Crippen LogP) is 3.02. The van der Waals surface area contributed by atoms with Crippen molar-refractivity contribution in [1.29, 1.82) is 0 Å². The molecule has 1 atom stereocenters. The quantitative estimate of drug-likeness (QED) is 0.639. The third-order valence-electron chi connectivity index (χ3n) is 5.75. The van der Waals surface area contributed by atoms with E-state index in [1.807, 2.05) is 13.0 Å². The van der Waals surface area contributed by atoms with E-state index in [1.165, 1.54) is 12.5 Å². The first kappa shape index (κ1) is 16.2. The van der Waals surface area contributed by atoms with Crippen molar-refractivity contribution in [3.63, 3.8) is 0 Å². The highest BCUT2D eigenvalue weighted by atomic mass is 16.5. The van der Waals surface area contributed by atoms with Gasteiger partial charge in [0.1, 0.15) is 5.60 Å². The second-order valence-electron chi connectivity index (χ2n) is 7.15. The van der Waals surface area contributed by atoms with Gasteiger partial charge >= 0.3 is 5.97 Å². The van der Waals surface area contributed by atoms with Crippen LogP contribution >= 0.6 is 0 Å². The van der Waals surface area contributed by atoms with Crippen molar-refractivity contribution in [3.8, 4) is 0 Å². The third kappa shape index (κ3) is 2.23. The molecule has 4 nitrogen and oxygen atoms in total. The Morgan fingerprint density at radius 2 is 2.00 bits per heavy atom. The first-order valence-corrected chi connectivity index (χ1v) is 8.26. The molecule has 0 heterocycles. The summed E-state index contributed by atoms with van der Waals surface area (Å²) in [6, 6.07) is 0. The van der Waals surface area contributed by atoms with E-state index in [0.29, 0.717) is 12.2 Å². The molecule has 0 amide bonds. The van der Waals surface area contributed by atoms with Gasteiger partial charge in [0, 0.05) is 17.9 Å². The van der Waals surface area contributed by atoms with Crippen LogP contribution in [0, 0.1) is 5.41 Å². The first-order valence-electron chi connectivity index (χ1n) is 8.26. The normalized spacial score (nSPS) is 28.2. The number of esters is 1. The van der Waals surface area contributed by atoms with Crippen LogP contribution in [0.2, 0.25) is 0 Å². The minimum absolute atomic E-state index is 0.148. The highest BCUT2D eigenvalue weighted by molar-refractivity contribution is 6.10. The number of Topliss-reactive ketones (excluding diaryl/α,β-unsaturated/α-hetero) is 1. The van der Waals surface area contributed by atoms with Crippen molar-refractivity contribution in [2.75, 3.05) is 6.61 Å². The van der Waals surface area contributed by atoms with Crippen molar-refractivity contribution in [1.82, 2.24) is 0 Å². The Kier molecular flexibility index (Phi) is 3.64. The minimum atomic E-state index is -1.29. The summed E-state index contributed by atoms with van der Waals surface area (Å²) in [4.78, 5) is 23.7. The topological polar surface area (TPSA) is 63.6 Å². The standard InChI is InChI=1S/C19H24O4/c1-11-10-15-16(14(11)6-5-9-23-13(3)20)12(2)19(7-8-19)18(4,22)17(15)21/h10,22H,5-9H2,1-4H3/t18-/m0/s1. The molecule has 23 heavy (non-hydrogen) atoms. The zero-order valence-corrected chi connectivity index (χ0v) is 14.3. The lowest BCUT2D eigenvalue weighted by molar-refractivity contribution is -0.141. The number of ketones is 1. The molecule has 0 aliphatic heterocycles. The molecular weight excluding hydrogens is 292 g/mol. The molecule has 3 aliphatic carbocycles. The third-order valence-corrected chi connectivity index (χ3v) is 5.75. The second kappa shape index (κ2) is 5.17. The molecule has 0 aromatic carbocycles. The minimum Gasteiger partial charge on any atom is -0.466 e. The molecule has 124 valence electrons. The van der Waals surface area contributed by atoms with Crippen molar-refractivity contribution in [2.24, 2.45) is 5.41 Å². The van der Waals surface area contributed by atoms with Crippen LogP contribution in [0.15, 0.2) is 33.9 Å². The van der Waals surface area contributed by atoms with Crippen molar-refractivity contribution < 1.29 is 19.4 Å². The van der Waals surface area contributed by atoms with Gasteiger partial charge in [0.25, 0.3) is 0 Å². The molecule has 4 heteroatoms. The van der Waals surface area contributed by atoms with Crippen LogP contribution in [0.25, 0.3) is 0 Å². The highest BCUT2D eigenvalue weighted by Gasteiger charge is 2.64. The Morgan fingerprint density at radius 1 is 1.35 bits per heavy atom. The summed E-state index contributed by atoms with van der Waals surface area (Å²) in [5, 5.41) is 10.8. The Morgan fingerprint density at radius 3 is 2.57 bits per heavy atom. The Labute approximate surface area is 136 Å². The van der Waals surface area contributed by atoms with Gasteiger partial charge < -0.3 is 9.84 Å². The molecule has 0 unspecified atom stereocenters. The maximum absolute atomic E-state index is 12.8. The molecule has 1 fully saturated rings. The van der Waals surface area contributed by atoms with E-state index in [4.69, 9.17) is 4.74 Å². The molecule has 3 rings (SSSR count). The van der Waals surface area contributed by atoms with Gasteiger partial charge in [0.15, 0.2) is 5.78 Å². The van der Waals surface area contributed by atoms with Gasteiger partial charge in [-0.1, -0.05) is 5.57 Å². The molecule has 3 aliphatic rings. The Balaban J connectivity index is 1.89. The summed E-state index contributed by atoms with van der Waals surface area (Å²) in [5.41, 5.74) is 3.43. The number of carbonyl (C=O) groups is 2. The second-order valence-corrected chi connectivity index (χ2v) is 7.15. The van der Waals surface area contributed by atoms with Gasteiger partial charge in [-0.25, -0.2) is 0 Å². The van der Waals surface area contributed by atoms with E-state index in [9.17, 15) is 14.7 Å². The molecule has 1 N–H and O–H groups in total. The summed E-state index contributed by atoms with van der Waals surface area (Å²) < 4.78 is 5.01. The maximum Gasteiger partial charge on any atom is 0.302 e. The summed E-state index contributed by atoms with van der Waals surface area (Å²) >= 11 is 0. The van der Waals surface area contributed by atoms with Crippen molar-refractivity contribution in [3.05, 3.63) is 33.9 Å². The average Bonchev–Trinajstić information content (AvgIpc) is 3.22. The molecule has 0 saturated heterocycles. The number of carbonyl (C=O) groups excluding carboxylic acids is 2. The van der Waals surface area contributed by atoms with Gasteiger partial charge in [-0.3, -0.25) is 9.59 Å². The molecule has 0 radical (unpaired) electrons. The number of hydrogen-bond acceptors (Lipinski definition) is 4. The lowest BCUT2D eigenvalue weighted by atomic mass is 9.67. The van der Waals surface area contributed by atoms with Gasteiger partial charge in [-0.15, -0.1) is 0 Å². The van der Waals surface area contributed by atoms with E-state index in [-0.39, 0.29) is 17.2 Å². The van der Waals surface area contributed by atoms with Gasteiger partial charge in [-0.05, 0) is 69.2 Å². The maximum atomic E-state index is 12.8. The van der Waals surface area contributed by atoms with E-state index in [1.54, 1.807) is 6.92 Å². The van der Waals surface area contributed by atoms with Gasteiger partial charge in [-0.2, -0.15) is 0 Å². The van der Waals surface area contributed by atoms with Crippen LogP contribution < -0.4 is 0 Å². The zero-order chi connectivity index (χ0) is 17.0. The highest BCUT2D eigenvalue weighted by Crippen LogP contribution is 2.65. The molecule has 1 spiro atoms. The largest absolute Gasteiger partial charge is 0.466 e. The number of allylic oxidation sites excluding steroid dienone is 4. The summed E-state index contributed by atoms with van der Waals surface area (Å²) in [7, 11) is 0.